The molecule has 1 aromatic rings. The molecule has 0 amide bonds. The summed E-state index contributed by atoms with van der Waals surface area (Å²) >= 11 is 3.56. The van der Waals surface area contributed by atoms with Gasteiger partial charge in [-0.05, 0) is 37.5 Å². The maximum absolute atomic E-state index is 9.67. The lowest BCUT2D eigenvalue weighted by Gasteiger charge is -2.28. The summed E-state index contributed by atoms with van der Waals surface area (Å²) in [5.74, 6) is 0.746. The van der Waals surface area contributed by atoms with Crippen molar-refractivity contribution in [2.75, 3.05) is 18.0 Å². The second kappa shape index (κ2) is 7.91. The zero-order valence-corrected chi connectivity index (χ0v) is 14.1. The van der Waals surface area contributed by atoms with Crippen molar-refractivity contribution < 1.29 is 5.11 Å². The molecule has 0 bridgehead atoms. The van der Waals surface area contributed by atoms with Crippen molar-refractivity contribution in [3.8, 4) is 0 Å². The molecule has 0 fully saturated rings. The van der Waals surface area contributed by atoms with Gasteiger partial charge in [-0.1, -0.05) is 48.7 Å². The Morgan fingerprint density at radius 1 is 1.21 bits per heavy atom. The van der Waals surface area contributed by atoms with Crippen molar-refractivity contribution in [3.63, 3.8) is 0 Å². The Morgan fingerprint density at radius 2 is 1.84 bits per heavy atom. The lowest BCUT2D eigenvalue weighted by atomic mass is 10.0. The number of aliphatic hydroxyl groups excluding tert-OH is 1. The van der Waals surface area contributed by atoms with Gasteiger partial charge >= 0.3 is 0 Å². The van der Waals surface area contributed by atoms with E-state index in [1.165, 1.54) is 18.5 Å². The van der Waals surface area contributed by atoms with Crippen LogP contribution in [0.15, 0.2) is 22.7 Å². The highest BCUT2D eigenvalue weighted by atomic mass is 79.9. The molecule has 0 spiro atoms. The molecule has 0 heterocycles. The minimum atomic E-state index is -0.433. The second-order valence-electron chi connectivity index (χ2n) is 5.10. The van der Waals surface area contributed by atoms with Gasteiger partial charge in [0, 0.05) is 23.2 Å². The smallest absolute Gasteiger partial charge is 0.0772 e. The van der Waals surface area contributed by atoms with E-state index in [0.29, 0.717) is 0 Å². The average Bonchev–Trinajstić information content (AvgIpc) is 2.39. The lowest BCUT2D eigenvalue weighted by molar-refractivity contribution is 0.198. The molecule has 2 nitrogen and oxygen atoms in total. The van der Waals surface area contributed by atoms with Crippen LogP contribution in [0.2, 0.25) is 0 Å². The van der Waals surface area contributed by atoms with Gasteiger partial charge in [0.1, 0.15) is 0 Å². The fourth-order valence-corrected chi connectivity index (χ4v) is 3.03. The highest BCUT2D eigenvalue weighted by molar-refractivity contribution is 9.10. The summed E-state index contributed by atoms with van der Waals surface area (Å²) in [7, 11) is 0. The normalized spacial score (nSPS) is 12.8. The van der Waals surface area contributed by atoms with E-state index >= 15 is 0 Å². The first kappa shape index (κ1) is 16.5. The number of halogens is 1. The molecule has 3 heteroatoms. The topological polar surface area (TPSA) is 23.5 Å². The number of anilines is 1. The molecule has 0 radical (unpaired) electrons. The van der Waals surface area contributed by atoms with E-state index in [-0.39, 0.29) is 0 Å². The van der Waals surface area contributed by atoms with Crippen LogP contribution in [-0.2, 0) is 0 Å². The summed E-state index contributed by atoms with van der Waals surface area (Å²) in [6.45, 7) is 10.6. The SMILES string of the molecule is CCC(CC)CN(CC)c1ccc(C(C)O)c(Br)c1. The average molecular weight is 328 g/mol. The predicted octanol–water partition coefficient (Wildman–Crippen LogP) is 4.76. The molecule has 0 aliphatic rings. The van der Waals surface area contributed by atoms with Gasteiger partial charge in [0.2, 0.25) is 0 Å². The van der Waals surface area contributed by atoms with E-state index in [1.807, 2.05) is 6.07 Å². The van der Waals surface area contributed by atoms with Crippen LogP contribution >= 0.6 is 15.9 Å². The zero-order chi connectivity index (χ0) is 14.4. The third-order valence-corrected chi connectivity index (χ3v) is 4.50. The lowest BCUT2D eigenvalue weighted by Crippen LogP contribution is -2.29. The van der Waals surface area contributed by atoms with Crippen LogP contribution in [0, 0.1) is 5.92 Å². The third-order valence-electron chi connectivity index (χ3n) is 3.81. The Morgan fingerprint density at radius 3 is 2.26 bits per heavy atom. The molecular formula is C16H26BrNO. The van der Waals surface area contributed by atoms with Crippen LogP contribution in [0.4, 0.5) is 5.69 Å². The highest BCUT2D eigenvalue weighted by Crippen LogP contribution is 2.29. The zero-order valence-electron chi connectivity index (χ0n) is 12.5. The quantitative estimate of drug-likeness (QED) is 0.780. The highest BCUT2D eigenvalue weighted by Gasteiger charge is 2.13. The van der Waals surface area contributed by atoms with Gasteiger partial charge in [0.15, 0.2) is 0 Å². The maximum atomic E-state index is 9.67. The van der Waals surface area contributed by atoms with Crippen molar-refractivity contribution in [1.29, 1.82) is 0 Å². The van der Waals surface area contributed by atoms with Crippen LogP contribution in [0.1, 0.15) is 52.2 Å². The number of benzene rings is 1. The Balaban J connectivity index is 2.90. The van der Waals surface area contributed by atoms with Gasteiger partial charge in [-0.2, -0.15) is 0 Å². The Bertz CT molecular complexity index is 388. The number of aliphatic hydroxyl groups is 1. The van der Waals surface area contributed by atoms with Gasteiger partial charge in [-0.3, -0.25) is 0 Å². The summed E-state index contributed by atoms with van der Waals surface area (Å²) in [5.41, 5.74) is 2.17. The number of rotatable bonds is 7. The first-order valence-electron chi connectivity index (χ1n) is 7.25. The molecule has 0 saturated heterocycles. The first-order valence-corrected chi connectivity index (χ1v) is 8.05. The van der Waals surface area contributed by atoms with Crippen molar-refractivity contribution in [2.45, 2.75) is 46.6 Å². The van der Waals surface area contributed by atoms with Gasteiger partial charge in [0.05, 0.1) is 6.10 Å². The fraction of sp³-hybridized carbons (Fsp3) is 0.625. The van der Waals surface area contributed by atoms with Crippen LogP contribution in [0.25, 0.3) is 0 Å². The van der Waals surface area contributed by atoms with Crippen molar-refractivity contribution in [2.24, 2.45) is 5.92 Å². The number of nitrogens with zero attached hydrogens (tertiary/aromatic N) is 1. The third kappa shape index (κ3) is 4.50. The number of hydrogen-bond acceptors (Lipinski definition) is 2. The van der Waals surface area contributed by atoms with Crippen molar-refractivity contribution >= 4 is 21.6 Å². The summed E-state index contributed by atoms with van der Waals surface area (Å²) in [5, 5.41) is 9.67. The van der Waals surface area contributed by atoms with Gasteiger partial charge in [-0.25, -0.2) is 0 Å². The second-order valence-corrected chi connectivity index (χ2v) is 5.96. The predicted molar refractivity (Wildman–Crippen MR) is 86.7 cm³/mol. The molecule has 0 aliphatic carbocycles. The molecule has 19 heavy (non-hydrogen) atoms. The Kier molecular flexibility index (Phi) is 6.87. The molecule has 1 aromatic carbocycles. The van der Waals surface area contributed by atoms with E-state index in [4.69, 9.17) is 0 Å². The molecule has 1 atom stereocenters. The van der Waals surface area contributed by atoms with Crippen LogP contribution in [-0.4, -0.2) is 18.2 Å². The molecule has 1 rings (SSSR count). The first-order chi connectivity index (χ1) is 9.03. The molecule has 1 unspecified atom stereocenters. The van der Waals surface area contributed by atoms with E-state index in [1.54, 1.807) is 6.92 Å². The van der Waals surface area contributed by atoms with E-state index in [0.717, 1.165) is 29.0 Å². The molecule has 0 aliphatic heterocycles. The largest absolute Gasteiger partial charge is 0.389 e. The Labute approximate surface area is 126 Å². The van der Waals surface area contributed by atoms with E-state index in [9.17, 15) is 5.11 Å². The summed E-state index contributed by atoms with van der Waals surface area (Å²) < 4.78 is 0.989. The maximum Gasteiger partial charge on any atom is 0.0772 e. The standard InChI is InChI=1S/C16H26BrNO/c1-5-13(6-2)11-18(7-3)14-8-9-15(12(4)19)16(17)10-14/h8-10,12-13,19H,5-7,11H2,1-4H3. The van der Waals surface area contributed by atoms with Gasteiger partial charge in [-0.15, -0.1) is 0 Å². The monoisotopic (exact) mass is 327 g/mol. The molecule has 1 N–H and O–H groups in total. The Hall–Kier alpha value is -0.540. The van der Waals surface area contributed by atoms with Crippen molar-refractivity contribution in [3.05, 3.63) is 28.2 Å². The number of hydrogen-bond donors (Lipinski definition) is 1. The molecule has 0 saturated carbocycles. The summed E-state index contributed by atoms with van der Waals surface area (Å²) in [6.07, 6.45) is 2.01. The van der Waals surface area contributed by atoms with Crippen LogP contribution < -0.4 is 4.90 Å². The summed E-state index contributed by atoms with van der Waals surface area (Å²) in [6, 6.07) is 6.24. The summed E-state index contributed by atoms with van der Waals surface area (Å²) in [4.78, 5) is 2.41. The molecule has 108 valence electrons. The van der Waals surface area contributed by atoms with E-state index < -0.39 is 6.10 Å². The fourth-order valence-electron chi connectivity index (χ4n) is 2.33. The molecular weight excluding hydrogens is 302 g/mol. The minimum Gasteiger partial charge on any atom is -0.389 e. The van der Waals surface area contributed by atoms with Crippen LogP contribution in [0.3, 0.4) is 0 Å². The van der Waals surface area contributed by atoms with Gasteiger partial charge in [0.25, 0.3) is 0 Å². The van der Waals surface area contributed by atoms with Crippen LogP contribution in [0.5, 0.6) is 0 Å². The molecule has 0 aromatic heterocycles. The van der Waals surface area contributed by atoms with Crippen molar-refractivity contribution in [1.82, 2.24) is 0 Å². The van der Waals surface area contributed by atoms with Gasteiger partial charge < -0.3 is 10.0 Å². The minimum absolute atomic E-state index is 0.433. The van der Waals surface area contributed by atoms with E-state index in [2.05, 4.69) is 53.7 Å².